The third kappa shape index (κ3) is 6.19. The number of halogens is 2. The van der Waals surface area contributed by atoms with E-state index in [2.05, 4.69) is 0 Å². The van der Waals surface area contributed by atoms with Gasteiger partial charge in [0.1, 0.15) is 29.0 Å². The van der Waals surface area contributed by atoms with Crippen molar-refractivity contribution >= 4 is 63.5 Å². The van der Waals surface area contributed by atoms with Crippen molar-refractivity contribution in [3.05, 3.63) is 97.9 Å². The lowest BCUT2D eigenvalue weighted by molar-refractivity contribution is -0.122. The number of thioether (sulfide) groups is 1. The van der Waals surface area contributed by atoms with Crippen molar-refractivity contribution in [2.24, 2.45) is 0 Å². The number of amides is 1. The first-order chi connectivity index (χ1) is 16.8. The summed E-state index contributed by atoms with van der Waals surface area (Å²) in [4.78, 5) is 15.2. The molecule has 3 aromatic carbocycles. The molecule has 0 N–H and O–H groups in total. The predicted octanol–water partition coefficient (Wildman–Crippen LogP) is 7.47. The predicted molar refractivity (Wildman–Crippen MR) is 149 cm³/mol. The molecule has 4 nitrogen and oxygen atoms in total. The Morgan fingerprint density at radius 2 is 1.60 bits per heavy atom. The Morgan fingerprint density at radius 1 is 0.943 bits per heavy atom. The minimum absolute atomic E-state index is 0.163. The lowest BCUT2D eigenvalue weighted by Gasteiger charge is -2.15. The number of carbonyl (C=O) groups is 1. The molecular weight excluding hydrogens is 521 g/mol. The summed E-state index contributed by atoms with van der Waals surface area (Å²) in [5, 5.41) is 0.802. The summed E-state index contributed by atoms with van der Waals surface area (Å²) in [5.41, 5.74) is 3.74. The van der Waals surface area contributed by atoms with Crippen molar-refractivity contribution in [2.75, 3.05) is 13.2 Å². The van der Waals surface area contributed by atoms with Gasteiger partial charge >= 0.3 is 0 Å². The molecule has 180 valence electrons. The Kier molecular flexibility index (Phi) is 8.39. The van der Waals surface area contributed by atoms with Crippen LogP contribution in [0, 0.1) is 13.8 Å². The van der Waals surface area contributed by atoms with Crippen molar-refractivity contribution in [1.29, 1.82) is 0 Å². The van der Waals surface area contributed by atoms with Crippen LogP contribution < -0.4 is 9.47 Å². The summed E-state index contributed by atoms with van der Waals surface area (Å²) in [6, 6.07) is 19.1. The topological polar surface area (TPSA) is 38.8 Å². The van der Waals surface area contributed by atoms with Crippen molar-refractivity contribution in [3.63, 3.8) is 0 Å². The smallest absolute Gasteiger partial charge is 0.266 e. The van der Waals surface area contributed by atoms with Crippen molar-refractivity contribution in [3.8, 4) is 11.5 Å². The van der Waals surface area contributed by atoms with E-state index in [1.807, 2.05) is 62.4 Å². The molecule has 1 amide bonds. The number of thiocarbonyl (C=S) groups is 1. The Balaban J connectivity index is 1.50. The SMILES string of the molecule is Cc1cccc(C)c1OCCOc1c(Cl)cc(Cl)cc1C=C1SC(=S)N(Cc2ccccc2)C1=O. The summed E-state index contributed by atoms with van der Waals surface area (Å²) in [7, 11) is 0. The average molecular weight is 545 g/mol. The van der Waals surface area contributed by atoms with E-state index in [1.54, 1.807) is 23.1 Å². The molecule has 0 bridgehead atoms. The molecule has 0 saturated carbocycles. The Labute approximate surface area is 224 Å². The summed E-state index contributed by atoms with van der Waals surface area (Å²) >= 11 is 19.4. The molecular formula is C27H23Cl2NO3S2. The fourth-order valence-electron chi connectivity index (χ4n) is 3.70. The van der Waals surface area contributed by atoms with Crippen LogP contribution in [0.5, 0.6) is 11.5 Å². The number of rotatable bonds is 8. The number of ether oxygens (including phenoxy) is 2. The first-order valence-electron chi connectivity index (χ1n) is 10.9. The normalized spacial score (nSPS) is 14.6. The van der Waals surface area contributed by atoms with Crippen LogP contribution in [0.4, 0.5) is 0 Å². The van der Waals surface area contributed by atoms with Gasteiger partial charge in [-0.2, -0.15) is 0 Å². The lowest BCUT2D eigenvalue weighted by Crippen LogP contribution is -2.27. The highest BCUT2D eigenvalue weighted by Crippen LogP contribution is 2.38. The molecule has 0 aliphatic carbocycles. The van der Waals surface area contributed by atoms with Gasteiger partial charge in [0, 0.05) is 10.6 Å². The van der Waals surface area contributed by atoms with E-state index in [1.165, 1.54) is 11.8 Å². The van der Waals surface area contributed by atoms with Crippen molar-refractivity contribution in [1.82, 2.24) is 4.90 Å². The maximum atomic E-state index is 13.1. The van der Waals surface area contributed by atoms with E-state index in [0.717, 1.165) is 22.4 Å². The van der Waals surface area contributed by atoms with E-state index in [9.17, 15) is 4.79 Å². The zero-order chi connectivity index (χ0) is 24.9. The molecule has 1 saturated heterocycles. The quantitative estimate of drug-likeness (QED) is 0.167. The zero-order valence-corrected chi connectivity index (χ0v) is 22.4. The van der Waals surface area contributed by atoms with Gasteiger partial charge in [0.05, 0.1) is 16.5 Å². The fraction of sp³-hybridized carbons (Fsp3) is 0.185. The third-order valence-electron chi connectivity index (χ3n) is 5.37. The van der Waals surface area contributed by atoms with Crippen LogP contribution in [0.2, 0.25) is 10.0 Å². The lowest BCUT2D eigenvalue weighted by atomic mass is 10.1. The molecule has 1 aliphatic heterocycles. The standard InChI is InChI=1S/C27H23Cl2NO3S2/c1-17-7-6-8-18(2)24(17)32-11-12-33-25-20(13-21(28)15-22(25)29)14-23-26(31)30(27(34)35-23)16-19-9-4-3-5-10-19/h3-10,13-15H,11-12,16H2,1-2H3. The molecule has 3 aromatic rings. The van der Waals surface area contributed by atoms with Gasteiger partial charge in [-0.3, -0.25) is 9.69 Å². The van der Waals surface area contributed by atoms with Gasteiger partial charge in [-0.25, -0.2) is 0 Å². The van der Waals surface area contributed by atoms with Gasteiger partial charge in [0.15, 0.2) is 0 Å². The second kappa shape index (κ2) is 11.5. The molecule has 0 aromatic heterocycles. The van der Waals surface area contributed by atoms with E-state index in [-0.39, 0.29) is 12.5 Å². The monoisotopic (exact) mass is 543 g/mol. The minimum Gasteiger partial charge on any atom is -0.489 e. The van der Waals surface area contributed by atoms with Gasteiger partial charge in [-0.05, 0) is 48.7 Å². The van der Waals surface area contributed by atoms with Gasteiger partial charge in [0.2, 0.25) is 0 Å². The van der Waals surface area contributed by atoms with Crippen molar-refractivity contribution < 1.29 is 14.3 Å². The van der Waals surface area contributed by atoms with Gasteiger partial charge in [-0.15, -0.1) is 0 Å². The Hall–Kier alpha value is -2.51. The third-order valence-corrected chi connectivity index (χ3v) is 7.24. The first kappa shape index (κ1) is 25.6. The van der Waals surface area contributed by atoms with Crippen LogP contribution >= 0.6 is 47.2 Å². The number of nitrogens with zero attached hydrogens (tertiary/aromatic N) is 1. The molecule has 0 spiro atoms. The number of benzene rings is 3. The zero-order valence-electron chi connectivity index (χ0n) is 19.2. The van der Waals surface area contributed by atoms with Crippen LogP contribution in [-0.4, -0.2) is 28.3 Å². The molecule has 1 heterocycles. The number of aryl methyl sites for hydroxylation is 2. The van der Waals surface area contributed by atoms with Gasteiger partial charge < -0.3 is 9.47 Å². The average Bonchev–Trinajstić information content (AvgIpc) is 3.07. The number of hydrogen-bond acceptors (Lipinski definition) is 5. The highest BCUT2D eigenvalue weighted by molar-refractivity contribution is 8.26. The molecule has 35 heavy (non-hydrogen) atoms. The van der Waals surface area contributed by atoms with Crippen molar-refractivity contribution in [2.45, 2.75) is 20.4 Å². The van der Waals surface area contributed by atoms with Gasteiger partial charge in [0.25, 0.3) is 5.91 Å². The van der Waals surface area contributed by atoms with Crippen LogP contribution in [0.25, 0.3) is 6.08 Å². The number of carbonyl (C=O) groups excluding carboxylic acids is 1. The molecule has 8 heteroatoms. The maximum absolute atomic E-state index is 13.1. The van der Waals surface area contributed by atoms with E-state index >= 15 is 0 Å². The molecule has 0 unspecified atom stereocenters. The molecule has 0 atom stereocenters. The second-order valence-electron chi connectivity index (χ2n) is 7.98. The highest BCUT2D eigenvalue weighted by Gasteiger charge is 2.32. The Morgan fingerprint density at radius 3 is 2.29 bits per heavy atom. The molecule has 4 rings (SSSR count). The summed E-state index contributed by atoms with van der Waals surface area (Å²) < 4.78 is 12.4. The van der Waals surface area contributed by atoms with Crippen LogP contribution in [0.15, 0.2) is 65.6 Å². The maximum Gasteiger partial charge on any atom is 0.266 e. The molecule has 1 fully saturated rings. The molecule has 1 aliphatic rings. The second-order valence-corrected chi connectivity index (χ2v) is 10.5. The Bertz CT molecular complexity index is 1270. The van der Waals surface area contributed by atoms with E-state index in [4.69, 9.17) is 44.9 Å². The van der Waals surface area contributed by atoms with Crippen LogP contribution in [0.1, 0.15) is 22.3 Å². The number of para-hydroxylation sites is 1. The largest absolute Gasteiger partial charge is 0.489 e. The van der Waals surface area contributed by atoms with Crippen LogP contribution in [0.3, 0.4) is 0 Å². The molecule has 0 radical (unpaired) electrons. The summed E-state index contributed by atoms with van der Waals surface area (Å²) in [5.74, 6) is 1.12. The first-order valence-corrected chi connectivity index (χ1v) is 12.9. The summed E-state index contributed by atoms with van der Waals surface area (Å²) in [6.07, 6.45) is 1.73. The highest BCUT2D eigenvalue weighted by atomic mass is 35.5. The van der Waals surface area contributed by atoms with E-state index in [0.29, 0.717) is 43.7 Å². The van der Waals surface area contributed by atoms with Crippen LogP contribution in [-0.2, 0) is 11.3 Å². The number of hydrogen-bond donors (Lipinski definition) is 0. The summed E-state index contributed by atoms with van der Waals surface area (Å²) in [6.45, 7) is 5.03. The van der Waals surface area contributed by atoms with Gasteiger partial charge in [-0.1, -0.05) is 95.7 Å². The van der Waals surface area contributed by atoms with E-state index < -0.39 is 0 Å². The minimum atomic E-state index is -0.163. The fourth-order valence-corrected chi connectivity index (χ4v) is 5.51.